The van der Waals surface area contributed by atoms with Gasteiger partial charge < -0.3 is 29.2 Å². The molecule has 1 aliphatic carbocycles. The smallest absolute Gasteiger partial charge is 0.204 e. The third-order valence-corrected chi connectivity index (χ3v) is 8.26. The minimum atomic E-state index is 0.0649. The van der Waals surface area contributed by atoms with Gasteiger partial charge in [0.05, 0.1) is 35.6 Å². The van der Waals surface area contributed by atoms with Crippen LogP contribution in [0.4, 0.5) is 0 Å². The zero-order chi connectivity index (χ0) is 22.3. The van der Waals surface area contributed by atoms with Gasteiger partial charge in [0.2, 0.25) is 11.5 Å². The van der Waals surface area contributed by atoms with E-state index in [0.29, 0.717) is 23.3 Å². The number of methoxy groups -OCH3 is 4. The van der Waals surface area contributed by atoms with E-state index < -0.39 is 0 Å². The number of hydrogen-bond acceptors (Lipinski definition) is 6. The van der Waals surface area contributed by atoms with Gasteiger partial charge in [0, 0.05) is 11.1 Å². The number of hydrogen-bond donors (Lipinski definition) is 2. The molecular weight excluding hydrogens is 614 g/mol. The van der Waals surface area contributed by atoms with Crippen molar-refractivity contribution in [2.24, 2.45) is 11.8 Å². The van der Waals surface area contributed by atoms with Crippen molar-refractivity contribution in [3.63, 3.8) is 0 Å². The van der Waals surface area contributed by atoms with Crippen LogP contribution in [0.25, 0.3) is 11.1 Å². The molecule has 2 unspecified atom stereocenters. The van der Waals surface area contributed by atoms with E-state index in [9.17, 15) is 10.2 Å². The van der Waals surface area contributed by atoms with Gasteiger partial charge in [-0.05, 0) is 81.0 Å². The van der Waals surface area contributed by atoms with Crippen LogP contribution in [0.5, 0.6) is 34.5 Å². The minimum absolute atomic E-state index is 0.0649. The van der Waals surface area contributed by atoms with Crippen LogP contribution < -0.4 is 18.9 Å². The fraction of sp³-hybridized carbons (Fsp3) is 0.455. The molecule has 1 aliphatic rings. The highest BCUT2D eigenvalue weighted by Crippen LogP contribution is 2.58. The SMILES string of the molecule is COc1c(O)c(I)c2c(c1OC)-c1c(c(I)c(O)c(OC)c1OC)CC(C)C(C)C2. The lowest BCUT2D eigenvalue weighted by atomic mass is 9.77. The van der Waals surface area contributed by atoms with Crippen molar-refractivity contribution in [1.29, 1.82) is 0 Å². The number of fused-ring (bicyclic) bond motifs is 3. The maximum absolute atomic E-state index is 10.8. The van der Waals surface area contributed by atoms with Crippen LogP contribution in [0.3, 0.4) is 0 Å². The van der Waals surface area contributed by atoms with Crippen LogP contribution in [-0.4, -0.2) is 38.7 Å². The average Bonchev–Trinajstić information content (AvgIpc) is 2.73. The van der Waals surface area contributed by atoms with Gasteiger partial charge in [-0.3, -0.25) is 0 Å². The first-order valence-corrected chi connectivity index (χ1v) is 11.7. The normalized spacial score (nSPS) is 18.0. The number of halogens is 2. The minimum Gasteiger partial charge on any atom is -0.503 e. The second kappa shape index (κ2) is 9.05. The lowest BCUT2D eigenvalue weighted by Crippen LogP contribution is -2.20. The fourth-order valence-corrected chi connectivity index (χ4v) is 5.62. The van der Waals surface area contributed by atoms with Crippen LogP contribution in [0.15, 0.2) is 0 Å². The molecule has 0 aliphatic heterocycles. The monoisotopic (exact) mass is 640 g/mol. The molecule has 0 spiro atoms. The van der Waals surface area contributed by atoms with Gasteiger partial charge in [-0.25, -0.2) is 0 Å². The summed E-state index contributed by atoms with van der Waals surface area (Å²) in [4.78, 5) is 0. The van der Waals surface area contributed by atoms with Crippen LogP contribution in [0.1, 0.15) is 25.0 Å². The van der Waals surface area contributed by atoms with E-state index in [1.54, 1.807) is 14.2 Å². The van der Waals surface area contributed by atoms with Crippen LogP contribution in [0, 0.1) is 19.0 Å². The molecular formula is C22H26I2O6. The van der Waals surface area contributed by atoms with Gasteiger partial charge in [-0.1, -0.05) is 13.8 Å². The quantitative estimate of drug-likeness (QED) is 0.438. The molecule has 0 amide bonds. The van der Waals surface area contributed by atoms with Crippen molar-refractivity contribution >= 4 is 45.2 Å². The summed E-state index contributed by atoms with van der Waals surface area (Å²) < 4.78 is 24.1. The number of ether oxygens (including phenoxy) is 4. The fourth-order valence-electron chi connectivity index (χ4n) is 4.15. The average molecular weight is 640 g/mol. The summed E-state index contributed by atoms with van der Waals surface area (Å²) in [5.41, 5.74) is 3.54. The Hall–Kier alpha value is -1.30. The predicted molar refractivity (Wildman–Crippen MR) is 133 cm³/mol. The Bertz CT molecular complexity index is 910. The number of phenolic OH excluding ortho intramolecular Hbond substituents is 2. The highest BCUT2D eigenvalue weighted by molar-refractivity contribution is 14.1. The van der Waals surface area contributed by atoms with E-state index in [1.165, 1.54) is 14.2 Å². The molecule has 6 nitrogen and oxygen atoms in total. The largest absolute Gasteiger partial charge is 0.503 e. The van der Waals surface area contributed by atoms with Gasteiger partial charge in [0.25, 0.3) is 0 Å². The van der Waals surface area contributed by atoms with Gasteiger partial charge in [0.15, 0.2) is 23.0 Å². The van der Waals surface area contributed by atoms with E-state index in [-0.39, 0.29) is 23.0 Å². The van der Waals surface area contributed by atoms with E-state index in [4.69, 9.17) is 18.9 Å². The number of benzene rings is 2. The van der Waals surface area contributed by atoms with Crippen LogP contribution in [0.2, 0.25) is 0 Å². The molecule has 0 saturated carbocycles. The third-order valence-electron chi connectivity index (χ3n) is 5.94. The maximum atomic E-state index is 10.8. The second-order valence-electron chi connectivity index (χ2n) is 7.53. The highest BCUT2D eigenvalue weighted by Gasteiger charge is 2.36. The molecule has 30 heavy (non-hydrogen) atoms. The Morgan fingerprint density at radius 1 is 0.633 bits per heavy atom. The number of phenols is 2. The number of aromatic hydroxyl groups is 2. The van der Waals surface area contributed by atoms with Crippen molar-refractivity contribution in [2.45, 2.75) is 26.7 Å². The first-order chi connectivity index (χ1) is 14.2. The molecule has 0 saturated heterocycles. The Balaban J connectivity index is 2.62. The Morgan fingerprint density at radius 2 is 0.933 bits per heavy atom. The zero-order valence-electron chi connectivity index (χ0n) is 17.9. The topological polar surface area (TPSA) is 77.4 Å². The molecule has 0 fully saturated rings. The van der Waals surface area contributed by atoms with Crippen LogP contribution >= 0.6 is 45.2 Å². The van der Waals surface area contributed by atoms with Crippen molar-refractivity contribution in [3.05, 3.63) is 18.3 Å². The summed E-state index contributed by atoms with van der Waals surface area (Å²) in [7, 11) is 6.13. The van der Waals surface area contributed by atoms with E-state index >= 15 is 0 Å². The molecule has 3 rings (SSSR count). The molecule has 8 heteroatoms. The Labute approximate surface area is 204 Å². The molecule has 0 bridgehead atoms. The summed E-state index contributed by atoms with van der Waals surface area (Å²) in [6.45, 7) is 4.41. The maximum Gasteiger partial charge on any atom is 0.204 e. The summed E-state index contributed by atoms with van der Waals surface area (Å²) >= 11 is 4.33. The van der Waals surface area contributed by atoms with Crippen LogP contribution in [-0.2, 0) is 12.8 Å². The van der Waals surface area contributed by atoms with Crippen molar-refractivity contribution in [3.8, 4) is 45.6 Å². The zero-order valence-corrected chi connectivity index (χ0v) is 22.2. The van der Waals surface area contributed by atoms with Crippen molar-refractivity contribution < 1.29 is 29.2 Å². The summed E-state index contributed by atoms with van der Waals surface area (Å²) in [6.07, 6.45) is 1.51. The van der Waals surface area contributed by atoms with Crippen molar-refractivity contribution in [2.75, 3.05) is 28.4 Å². The second-order valence-corrected chi connectivity index (χ2v) is 9.69. The molecule has 0 heterocycles. The first kappa shape index (κ1) is 23.4. The molecule has 0 aromatic heterocycles. The molecule has 2 aromatic carbocycles. The standard InChI is InChI=1S/C22H26I2O6/c1-9-7-11-13(19(27-3)21(29-5)17(25)15(11)23)14-12(8-10(9)2)16(24)18(26)22(30-6)20(14)28-4/h9-10,25-26H,7-8H2,1-6H3. The molecule has 164 valence electrons. The highest BCUT2D eigenvalue weighted by atomic mass is 127. The van der Waals surface area contributed by atoms with E-state index in [0.717, 1.165) is 42.2 Å². The van der Waals surface area contributed by atoms with Gasteiger partial charge in [0.1, 0.15) is 0 Å². The summed E-state index contributed by atoms with van der Waals surface area (Å²) in [5, 5.41) is 21.7. The number of rotatable bonds is 4. The van der Waals surface area contributed by atoms with E-state index in [2.05, 4.69) is 59.0 Å². The Kier molecular flexibility index (Phi) is 7.05. The van der Waals surface area contributed by atoms with Gasteiger partial charge >= 0.3 is 0 Å². The summed E-state index contributed by atoms with van der Waals surface area (Å²) in [6, 6.07) is 0. The lowest BCUT2D eigenvalue weighted by Gasteiger charge is -2.31. The molecule has 0 radical (unpaired) electrons. The molecule has 2 aromatic rings. The predicted octanol–water partition coefficient (Wildman–Crippen LogP) is 5.38. The molecule has 2 N–H and O–H groups in total. The van der Waals surface area contributed by atoms with E-state index in [1.807, 2.05) is 0 Å². The Morgan fingerprint density at radius 3 is 1.20 bits per heavy atom. The summed E-state index contributed by atoms with van der Waals surface area (Å²) in [5.74, 6) is 2.24. The first-order valence-electron chi connectivity index (χ1n) is 9.54. The lowest BCUT2D eigenvalue weighted by molar-refractivity contribution is 0.324. The van der Waals surface area contributed by atoms with Crippen molar-refractivity contribution in [1.82, 2.24) is 0 Å². The van der Waals surface area contributed by atoms with Gasteiger partial charge in [-0.15, -0.1) is 0 Å². The van der Waals surface area contributed by atoms with Gasteiger partial charge in [-0.2, -0.15) is 0 Å². The molecule has 2 atom stereocenters. The third kappa shape index (κ3) is 3.53.